The minimum absolute atomic E-state index is 0.136. The van der Waals surface area contributed by atoms with Crippen LogP contribution in [0.5, 0.6) is 0 Å². The maximum atomic E-state index is 10.8. The third-order valence-electron chi connectivity index (χ3n) is 4.32. The number of aromatic nitrogens is 2. The SMILES string of the molecule is CN1C2CCC1CN(c1ncc(C(=O)O)cn1)CC2. The van der Waals surface area contributed by atoms with E-state index in [-0.39, 0.29) is 5.56 Å². The minimum atomic E-state index is -0.985. The molecule has 102 valence electrons. The van der Waals surface area contributed by atoms with Crippen LogP contribution in [0.15, 0.2) is 12.4 Å². The van der Waals surface area contributed by atoms with Crippen molar-refractivity contribution in [2.45, 2.75) is 31.3 Å². The van der Waals surface area contributed by atoms with Crippen LogP contribution >= 0.6 is 0 Å². The van der Waals surface area contributed by atoms with Gasteiger partial charge in [0.2, 0.25) is 5.95 Å². The molecule has 2 saturated heterocycles. The Morgan fingerprint density at radius 1 is 1.26 bits per heavy atom. The highest BCUT2D eigenvalue weighted by molar-refractivity contribution is 5.86. The van der Waals surface area contributed by atoms with E-state index in [0.29, 0.717) is 18.0 Å². The van der Waals surface area contributed by atoms with Crippen LogP contribution in [0.2, 0.25) is 0 Å². The Balaban J connectivity index is 1.77. The Bertz CT molecular complexity index is 476. The van der Waals surface area contributed by atoms with E-state index in [0.717, 1.165) is 19.5 Å². The molecule has 2 unspecified atom stereocenters. The molecule has 6 nitrogen and oxygen atoms in total. The molecule has 0 radical (unpaired) electrons. The summed E-state index contributed by atoms with van der Waals surface area (Å²) < 4.78 is 0. The van der Waals surface area contributed by atoms with E-state index < -0.39 is 5.97 Å². The van der Waals surface area contributed by atoms with Gasteiger partial charge >= 0.3 is 5.97 Å². The molecular formula is C13H18N4O2. The first-order valence-electron chi connectivity index (χ1n) is 6.67. The molecule has 2 fully saturated rings. The zero-order valence-electron chi connectivity index (χ0n) is 11.0. The van der Waals surface area contributed by atoms with Crippen molar-refractivity contribution in [2.75, 3.05) is 25.0 Å². The fourth-order valence-electron chi connectivity index (χ4n) is 3.09. The monoisotopic (exact) mass is 262 g/mol. The summed E-state index contributed by atoms with van der Waals surface area (Å²) in [7, 11) is 2.19. The number of fused-ring (bicyclic) bond motifs is 2. The Kier molecular flexibility index (Phi) is 3.10. The molecule has 1 aromatic heterocycles. The summed E-state index contributed by atoms with van der Waals surface area (Å²) in [6.45, 7) is 1.87. The maximum Gasteiger partial charge on any atom is 0.338 e. The van der Waals surface area contributed by atoms with Gasteiger partial charge < -0.3 is 10.0 Å². The van der Waals surface area contributed by atoms with Crippen LogP contribution in [-0.2, 0) is 0 Å². The molecule has 0 aliphatic carbocycles. The van der Waals surface area contributed by atoms with Gasteiger partial charge in [0.1, 0.15) is 0 Å². The number of aromatic carboxylic acids is 1. The van der Waals surface area contributed by atoms with Gasteiger partial charge in [0.05, 0.1) is 5.56 Å². The molecule has 1 N–H and O–H groups in total. The molecule has 19 heavy (non-hydrogen) atoms. The first-order chi connectivity index (χ1) is 9.15. The standard InChI is InChI=1S/C13H18N4O2/c1-16-10-2-3-11(16)8-17(5-4-10)13-14-6-9(7-15-13)12(18)19/h6-7,10-11H,2-5,8H2,1H3,(H,18,19). The quantitative estimate of drug-likeness (QED) is 0.852. The van der Waals surface area contributed by atoms with Gasteiger partial charge in [0.15, 0.2) is 0 Å². The highest BCUT2D eigenvalue weighted by atomic mass is 16.4. The summed E-state index contributed by atoms with van der Waals surface area (Å²) in [5, 5.41) is 8.85. The molecule has 2 bridgehead atoms. The van der Waals surface area contributed by atoms with Gasteiger partial charge in [-0.05, 0) is 26.3 Å². The van der Waals surface area contributed by atoms with Crippen LogP contribution < -0.4 is 4.90 Å². The van der Waals surface area contributed by atoms with Crippen molar-refractivity contribution in [3.05, 3.63) is 18.0 Å². The first kappa shape index (κ1) is 12.3. The fourth-order valence-corrected chi connectivity index (χ4v) is 3.09. The van der Waals surface area contributed by atoms with Crippen molar-refractivity contribution in [2.24, 2.45) is 0 Å². The number of nitrogens with zero attached hydrogens (tertiary/aromatic N) is 4. The van der Waals surface area contributed by atoms with Crippen molar-refractivity contribution < 1.29 is 9.90 Å². The number of carboxylic acid groups (broad SMARTS) is 1. The molecule has 0 aromatic carbocycles. The summed E-state index contributed by atoms with van der Waals surface area (Å²) in [4.78, 5) is 23.8. The van der Waals surface area contributed by atoms with Crippen LogP contribution in [0, 0.1) is 0 Å². The van der Waals surface area contributed by atoms with Crippen molar-refractivity contribution >= 4 is 11.9 Å². The molecule has 0 saturated carbocycles. The number of anilines is 1. The predicted molar refractivity (Wildman–Crippen MR) is 70.4 cm³/mol. The molecule has 2 atom stereocenters. The maximum absolute atomic E-state index is 10.8. The Hall–Kier alpha value is -1.69. The van der Waals surface area contributed by atoms with Crippen molar-refractivity contribution in [3.8, 4) is 0 Å². The number of rotatable bonds is 2. The van der Waals surface area contributed by atoms with Gasteiger partial charge in [0, 0.05) is 37.6 Å². The number of carboxylic acids is 1. The lowest BCUT2D eigenvalue weighted by atomic mass is 10.1. The van der Waals surface area contributed by atoms with Crippen LogP contribution in [0.25, 0.3) is 0 Å². The Morgan fingerprint density at radius 3 is 2.63 bits per heavy atom. The average molecular weight is 262 g/mol. The predicted octanol–water partition coefficient (Wildman–Crippen LogP) is 0.848. The van der Waals surface area contributed by atoms with E-state index >= 15 is 0 Å². The van der Waals surface area contributed by atoms with Gasteiger partial charge in [-0.15, -0.1) is 0 Å². The molecule has 2 aliphatic rings. The van der Waals surface area contributed by atoms with Gasteiger partial charge in [-0.25, -0.2) is 14.8 Å². The second-order valence-corrected chi connectivity index (χ2v) is 5.36. The van der Waals surface area contributed by atoms with E-state index in [1.54, 1.807) is 0 Å². The normalized spacial score (nSPS) is 27.3. The summed E-state index contributed by atoms with van der Waals surface area (Å²) in [6.07, 6.45) is 6.41. The highest BCUT2D eigenvalue weighted by Crippen LogP contribution is 2.29. The van der Waals surface area contributed by atoms with Gasteiger partial charge in [-0.2, -0.15) is 0 Å². The lowest BCUT2D eigenvalue weighted by Crippen LogP contribution is -2.37. The molecule has 1 aromatic rings. The van der Waals surface area contributed by atoms with E-state index in [4.69, 9.17) is 5.11 Å². The fraction of sp³-hybridized carbons (Fsp3) is 0.615. The van der Waals surface area contributed by atoms with Gasteiger partial charge in [0.25, 0.3) is 0 Å². The summed E-state index contributed by atoms with van der Waals surface area (Å²) in [5.41, 5.74) is 0.136. The van der Waals surface area contributed by atoms with Gasteiger partial charge in [-0.1, -0.05) is 0 Å². The first-order valence-corrected chi connectivity index (χ1v) is 6.67. The zero-order chi connectivity index (χ0) is 13.4. The molecule has 0 amide bonds. The van der Waals surface area contributed by atoms with E-state index in [2.05, 4.69) is 26.8 Å². The van der Waals surface area contributed by atoms with Gasteiger partial charge in [-0.3, -0.25) is 4.90 Å². The van der Waals surface area contributed by atoms with Crippen molar-refractivity contribution in [1.82, 2.24) is 14.9 Å². The Morgan fingerprint density at radius 2 is 1.95 bits per heavy atom. The smallest absolute Gasteiger partial charge is 0.338 e. The van der Waals surface area contributed by atoms with E-state index in [1.807, 2.05) is 0 Å². The van der Waals surface area contributed by atoms with Crippen molar-refractivity contribution in [3.63, 3.8) is 0 Å². The molecule has 3 heterocycles. The second-order valence-electron chi connectivity index (χ2n) is 5.36. The van der Waals surface area contributed by atoms with E-state index in [1.165, 1.54) is 25.2 Å². The minimum Gasteiger partial charge on any atom is -0.478 e. The lowest BCUT2D eigenvalue weighted by molar-refractivity contribution is 0.0696. The number of carbonyl (C=O) groups is 1. The number of hydrogen-bond donors (Lipinski definition) is 1. The zero-order valence-corrected chi connectivity index (χ0v) is 11.0. The van der Waals surface area contributed by atoms with Crippen LogP contribution in [0.1, 0.15) is 29.6 Å². The van der Waals surface area contributed by atoms with Crippen LogP contribution in [0.3, 0.4) is 0 Å². The third kappa shape index (κ3) is 2.28. The van der Waals surface area contributed by atoms with Crippen LogP contribution in [0.4, 0.5) is 5.95 Å². The number of likely N-dealkylation sites (N-methyl/N-ethyl adjacent to an activating group) is 1. The number of hydrogen-bond acceptors (Lipinski definition) is 5. The second kappa shape index (κ2) is 4.77. The average Bonchev–Trinajstić information content (AvgIpc) is 2.63. The molecule has 0 spiro atoms. The summed E-state index contributed by atoms with van der Waals surface area (Å²) >= 11 is 0. The topological polar surface area (TPSA) is 69.6 Å². The third-order valence-corrected chi connectivity index (χ3v) is 4.32. The summed E-state index contributed by atoms with van der Waals surface area (Å²) in [5.74, 6) is -0.341. The lowest BCUT2D eigenvalue weighted by Gasteiger charge is -2.25. The Labute approximate surface area is 112 Å². The van der Waals surface area contributed by atoms with Crippen molar-refractivity contribution in [1.29, 1.82) is 0 Å². The molecular weight excluding hydrogens is 244 g/mol. The highest BCUT2D eigenvalue weighted by Gasteiger charge is 2.35. The molecule has 6 heteroatoms. The largest absolute Gasteiger partial charge is 0.478 e. The van der Waals surface area contributed by atoms with E-state index in [9.17, 15) is 4.79 Å². The molecule has 3 rings (SSSR count). The summed E-state index contributed by atoms with van der Waals surface area (Å²) in [6, 6.07) is 1.24. The molecule has 2 aliphatic heterocycles. The van der Waals surface area contributed by atoms with Crippen LogP contribution in [-0.4, -0.2) is 58.2 Å².